The van der Waals surface area contributed by atoms with Gasteiger partial charge in [0, 0.05) is 18.9 Å². The molecule has 0 fully saturated rings. The van der Waals surface area contributed by atoms with Gasteiger partial charge < -0.3 is 14.6 Å². The van der Waals surface area contributed by atoms with E-state index in [1.807, 2.05) is 48.7 Å². The van der Waals surface area contributed by atoms with Gasteiger partial charge in [-0.2, -0.15) is 5.06 Å². The number of ether oxygens (including phenoxy) is 2. The van der Waals surface area contributed by atoms with Crippen molar-refractivity contribution in [3.05, 3.63) is 59.0 Å². The second-order valence-corrected chi connectivity index (χ2v) is 6.49. The van der Waals surface area contributed by atoms with E-state index in [4.69, 9.17) is 14.3 Å². The van der Waals surface area contributed by atoms with Gasteiger partial charge in [-0.05, 0) is 37.6 Å². The molecule has 1 aromatic carbocycles. The van der Waals surface area contributed by atoms with Gasteiger partial charge in [0.25, 0.3) is 0 Å². The third-order valence-electron chi connectivity index (χ3n) is 4.67. The number of rotatable bonds is 10. The molecule has 0 radical (unpaired) electrons. The highest BCUT2D eigenvalue weighted by atomic mass is 16.7. The molecule has 8 heteroatoms. The number of anilines is 1. The molecular weight excluding hydrogens is 374 g/mol. The van der Waals surface area contributed by atoms with Crippen molar-refractivity contribution < 1.29 is 24.2 Å². The van der Waals surface area contributed by atoms with Crippen LogP contribution >= 0.6 is 0 Å². The minimum Gasteiger partial charge on any atom is -0.485 e. The lowest BCUT2D eigenvalue weighted by Crippen LogP contribution is -2.25. The van der Waals surface area contributed by atoms with Crippen molar-refractivity contribution in [2.24, 2.45) is 0 Å². The van der Waals surface area contributed by atoms with Gasteiger partial charge in [-0.15, -0.1) is 0 Å². The van der Waals surface area contributed by atoms with Gasteiger partial charge in [-0.25, -0.2) is 4.98 Å². The highest BCUT2D eigenvalue weighted by Gasteiger charge is 2.16. The number of nitrogens with zero attached hydrogens (tertiary/aromatic N) is 3. The van der Waals surface area contributed by atoms with Gasteiger partial charge in [0.2, 0.25) is 6.41 Å². The maximum Gasteiger partial charge on any atom is 0.238 e. The Kier molecular flexibility index (Phi) is 6.82. The van der Waals surface area contributed by atoms with Crippen LogP contribution in [0.4, 0.5) is 5.69 Å². The molecule has 2 heterocycles. The second kappa shape index (κ2) is 9.51. The number of carbonyl (C=O) groups excluding carboxylic acids is 1. The average Bonchev–Trinajstić information content (AvgIpc) is 3.06. The highest BCUT2D eigenvalue weighted by molar-refractivity contribution is 5.75. The summed E-state index contributed by atoms with van der Waals surface area (Å²) in [6.07, 6.45) is 2.46. The number of aliphatic hydroxyl groups excluding tert-OH is 1. The molecule has 0 atom stereocenters. The molecule has 0 unspecified atom stereocenters. The number of hydroxylamine groups is 1. The summed E-state index contributed by atoms with van der Waals surface area (Å²) in [5.74, 6) is 0.586. The predicted molar refractivity (Wildman–Crippen MR) is 108 cm³/mol. The summed E-state index contributed by atoms with van der Waals surface area (Å²) in [4.78, 5) is 21.6. The van der Waals surface area contributed by atoms with Gasteiger partial charge in [0.1, 0.15) is 6.61 Å². The quantitative estimate of drug-likeness (QED) is 0.320. The lowest BCUT2D eigenvalue weighted by molar-refractivity contribution is -0.114. The molecule has 0 saturated carbocycles. The molecule has 0 aliphatic rings. The summed E-state index contributed by atoms with van der Waals surface area (Å²) in [6.45, 7) is 4.54. The SMILES string of the molecule is COCCON(C=O)c1cccc(C)c1COc1cccn2c(CO)c(C)nc12. The minimum atomic E-state index is -0.106. The van der Waals surface area contributed by atoms with Crippen LogP contribution in [0.15, 0.2) is 36.5 Å². The predicted octanol–water partition coefficient (Wildman–Crippen LogP) is 2.56. The van der Waals surface area contributed by atoms with Crippen LogP contribution in [-0.4, -0.2) is 41.2 Å². The van der Waals surface area contributed by atoms with Crippen molar-refractivity contribution in [3.63, 3.8) is 0 Å². The first kappa shape index (κ1) is 20.8. The number of imidazole rings is 1. The molecule has 2 aromatic heterocycles. The Morgan fingerprint density at radius 2 is 2.03 bits per heavy atom. The lowest BCUT2D eigenvalue weighted by atomic mass is 10.1. The first-order valence-electron chi connectivity index (χ1n) is 9.25. The van der Waals surface area contributed by atoms with E-state index in [0.29, 0.717) is 30.1 Å². The summed E-state index contributed by atoms with van der Waals surface area (Å²) < 4.78 is 12.9. The zero-order valence-corrected chi connectivity index (χ0v) is 16.8. The number of fused-ring (bicyclic) bond motifs is 1. The number of aryl methyl sites for hydroxylation is 2. The third-order valence-corrected chi connectivity index (χ3v) is 4.67. The molecule has 154 valence electrons. The number of carbonyl (C=O) groups is 1. The largest absolute Gasteiger partial charge is 0.485 e. The molecule has 3 aromatic rings. The van der Waals surface area contributed by atoms with Crippen molar-refractivity contribution in [3.8, 4) is 5.75 Å². The van der Waals surface area contributed by atoms with Gasteiger partial charge >= 0.3 is 0 Å². The summed E-state index contributed by atoms with van der Waals surface area (Å²) in [5.41, 5.74) is 4.50. The number of aromatic nitrogens is 2. The molecule has 1 N–H and O–H groups in total. The number of aliphatic hydroxyl groups is 1. The van der Waals surface area contributed by atoms with E-state index in [2.05, 4.69) is 4.98 Å². The Labute approximate surface area is 169 Å². The summed E-state index contributed by atoms with van der Waals surface area (Å²) in [5, 5.41) is 10.8. The maximum atomic E-state index is 11.6. The second-order valence-electron chi connectivity index (χ2n) is 6.49. The van der Waals surface area contributed by atoms with Crippen LogP contribution in [0.25, 0.3) is 5.65 Å². The molecule has 8 nitrogen and oxygen atoms in total. The van der Waals surface area contributed by atoms with Crippen LogP contribution in [0.1, 0.15) is 22.5 Å². The Hall–Kier alpha value is -2.94. The molecule has 0 spiro atoms. The van der Waals surface area contributed by atoms with Crippen molar-refractivity contribution in [1.82, 2.24) is 9.38 Å². The first-order valence-corrected chi connectivity index (χ1v) is 9.25. The Balaban J connectivity index is 1.88. The van der Waals surface area contributed by atoms with Crippen LogP contribution in [0.2, 0.25) is 0 Å². The van der Waals surface area contributed by atoms with E-state index in [-0.39, 0.29) is 19.8 Å². The van der Waals surface area contributed by atoms with E-state index in [9.17, 15) is 9.90 Å². The number of hydrogen-bond acceptors (Lipinski definition) is 6. The number of amides is 1. The number of hydrogen-bond donors (Lipinski definition) is 1. The third kappa shape index (κ3) is 4.40. The first-order chi connectivity index (χ1) is 14.1. The molecular formula is C21H25N3O5. The smallest absolute Gasteiger partial charge is 0.238 e. The van der Waals surface area contributed by atoms with E-state index < -0.39 is 0 Å². The van der Waals surface area contributed by atoms with Crippen LogP contribution in [0.5, 0.6) is 5.75 Å². The fraction of sp³-hybridized carbons (Fsp3) is 0.333. The summed E-state index contributed by atoms with van der Waals surface area (Å²) in [7, 11) is 1.57. The standard InChI is InChI=1S/C21H25N3O5/c1-15-6-4-7-18(24(14-26)29-11-10-27-3)17(15)13-28-20-8-5-9-23-19(12-25)16(2)22-21(20)23/h4-9,14,25H,10-13H2,1-3H3. The number of methoxy groups -OCH3 is 1. The summed E-state index contributed by atoms with van der Waals surface area (Å²) >= 11 is 0. The van der Waals surface area contributed by atoms with Crippen molar-refractivity contribution >= 4 is 17.7 Å². The number of pyridine rings is 1. The Morgan fingerprint density at radius 1 is 1.21 bits per heavy atom. The lowest BCUT2D eigenvalue weighted by Gasteiger charge is -2.21. The fourth-order valence-corrected chi connectivity index (χ4v) is 3.11. The number of benzene rings is 1. The van der Waals surface area contributed by atoms with Gasteiger partial charge in [-0.1, -0.05) is 12.1 Å². The average molecular weight is 399 g/mol. The molecule has 1 amide bonds. The zero-order valence-electron chi connectivity index (χ0n) is 16.8. The maximum absolute atomic E-state index is 11.6. The molecule has 3 rings (SSSR count). The van der Waals surface area contributed by atoms with Crippen molar-refractivity contribution in [2.45, 2.75) is 27.1 Å². The molecule has 29 heavy (non-hydrogen) atoms. The van der Waals surface area contributed by atoms with E-state index in [1.54, 1.807) is 13.2 Å². The van der Waals surface area contributed by atoms with Crippen LogP contribution < -0.4 is 9.80 Å². The van der Waals surface area contributed by atoms with Crippen molar-refractivity contribution in [2.75, 3.05) is 25.4 Å². The van der Waals surface area contributed by atoms with Gasteiger partial charge in [-0.3, -0.25) is 14.0 Å². The topological polar surface area (TPSA) is 85.5 Å². The molecule has 0 saturated heterocycles. The molecule has 0 bridgehead atoms. The zero-order chi connectivity index (χ0) is 20.8. The van der Waals surface area contributed by atoms with Crippen molar-refractivity contribution in [1.29, 1.82) is 0 Å². The van der Waals surface area contributed by atoms with Gasteiger partial charge in [0.05, 0.1) is 36.9 Å². The highest BCUT2D eigenvalue weighted by Crippen LogP contribution is 2.27. The van der Waals surface area contributed by atoms with Crippen LogP contribution in [0.3, 0.4) is 0 Å². The van der Waals surface area contributed by atoms with Crippen LogP contribution in [0, 0.1) is 13.8 Å². The van der Waals surface area contributed by atoms with E-state index >= 15 is 0 Å². The normalized spacial score (nSPS) is 11.0. The molecule has 0 aliphatic carbocycles. The van der Waals surface area contributed by atoms with E-state index in [0.717, 1.165) is 22.5 Å². The monoisotopic (exact) mass is 399 g/mol. The summed E-state index contributed by atoms with van der Waals surface area (Å²) in [6, 6.07) is 9.28. The van der Waals surface area contributed by atoms with Gasteiger partial charge in [0.15, 0.2) is 11.4 Å². The molecule has 0 aliphatic heterocycles. The van der Waals surface area contributed by atoms with Crippen LogP contribution in [-0.2, 0) is 27.6 Å². The Morgan fingerprint density at radius 3 is 2.76 bits per heavy atom. The fourth-order valence-electron chi connectivity index (χ4n) is 3.11. The van der Waals surface area contributed by atoms with E-state index in [1.165, 1.54) is 5.06 Å². The Bertz CT molecular complexity index is 986. The minimum absolute atomic E-state index is 0.106.